The fourth-order valence-electron chi connectivity index (χ4n) is 1.20. The van der Waals surface area contributed by atoms with E-state index in [0.29, 0.717) is 6.42 Å². The fraction of sp³-hybridized carbons (Fsp3) is 0.727. The van der Waals surface area contributed by atoms with Gasteiger partial charge in [0.15, 0.2) is 0 Å². The number of nitriles is 1. The maximum Gasteiger partial charge on any atom is 0.0908 e. The van der Waals surface area contributed by atoms with Crippen LogP contribution in [0.25, 0.3) is 0 Å². The molecule has 1 atom stereocenters. The number of aliphatic hydroxyl groups excluding tert-OH is 1. The molecular weight excluding hydrogens is 162 g/mol. The highest BCUT2D eigenvalue weighted by Gasteiger charge is 2.00. The van der Waals surface area contributed by atoms with E-state index in [1.54, 1.807) is 6.08 Å². The van der Waals surface area contributed by atoms with Crippen molar-refractivity contribution in [2.45, 2.75) is 51.6 Å². The van der Waals surface area contributed by atoms with Gasteiger partial charge in [0.05, 0.1) is 12.2 Å². The average molecular weight is 181 g/mol. The summed E-state index contributed by atoms with van der Waals surface area (Å²) in [5.74, 6) is 0. The van der Waals surface area contributed by atoms with E-state index in [4.69, 9.17) is 5.26 Å². The fourth-order valence-corrected chi connectivity index (χ4v) is 1.20. The van der Waals surface area contributed by atoms with E-state index in [0.717, 1.165) is 12.8 Å². The second-order valence-electron chi connectivity index (χ2n) is 3.27. The Bertz CT molecular complexity index is 169. The molecule has 0 rings (SSSR count). The lowest BCUT2D eigenvalue weighted by molar-refractivity contribution is 0.164. The predicted octanol–water partition coefficient (Wildman–Crippen LogP) is 2.79. The van der Waals surface area contributed by atoms with Gasteiger partial charge in [-0.25, -0.2) is 0 Å². The van der Waals surface area contributed by atoms with Gasteiger partial charge in [-0.2, -0.15) is 5.26 Å². The minimum atomic E-state index is -0.263. The second kappa shape index (κ2) is 9.28. The Kier molecular flexibility index (Phi) is 8.70. The number of unbranched alkanes of at least 4 members (excludes halogenated alkanes) is 3. The zero-order valence-electron chi connectivity index (χ0n) is 8.37. The van der Waals surface area contributed by atoms with E-state index >= 15 is 0 Å². The molecule has 1 N–H and O–H groups in total. The summed E-state index contributed by atoms with van der Waals surface area (Å²) < 4.78 is 0. The van der Waals surface area contributed by atoms with E-state index in [2.05, 4.69) is 6.92 Å². The van der Waals surface area contributed by atoms with Gasteiger partial charge in [-0.15, -0.1) is 0 Å². The second-order valence-corrected chi connectivity index (χ2v) is 3.27. The van der Waals surface area contributed by atoms with Gasteiger partial charge in [-0.3, -0.25) is 0 Å². The quantitative estimate of drug-likeness (QED) is 0.485. The van der Waals surface area contributed by atoms with Gasteiger partial charge >= 0.3 is 0 Å². The molecule has 0 aliphatic rings. The van der Waals surface area contributed by atoms with Crippen molar-refractivity contribution in [1.82, 2.24) is 0 Å². The number of nitrogens with zero attached hydrogens (tertiary/aromatic N) is 1. The summed E-state index contributed by atoms with van der Waals surface area (Å²) in [4.78, 5) is 0. The van der Waals surface area contributed by atoms with Crippen molar-refractivity contribution in [2.75, 3.05) is 0 Å². The van der Waals surface area contributed by atoms with Crippen molar-refractivity contribution in [2.24, 2.45) is 0 Å². The summed E-state index contributed by atoms with van der Waals surface area (Å²) in [6, 6.07) is 1.91. The lowest BCUT2D eigenvalue weighted by Gasteiger charge is -2.06. The van der Waals surface area contributed by atoms with Gasteiger partial charge in [0.1, 0.15) is 0 Å². The zero-order valence-corrected chi connectivity index (χ0v) is 8.37. The molecule has 0 bridgehead atoms. The first kappa shape index (κ1) is 12.2. The van der Waals surface area contributed by atoms with Crippen LogP contribution in [0.4, 0.5) is 0 Å². The van der Waals surface area contributed by atoms with E-state index in [1.807, 2.05) is 6.07 Å². The smallest absolute Gasteiger partial charge is 0.0908 e. The van der Waals surface area contributed by atoms with Crippen molar-refractivity contribution in [3.63, 3.8) is 0 Å². The molecule has 13 heavy (non-hydrogen) atoms. The van der Waals surface area contributed by atoms with Crippen LogP contribution >= 0.6 is 0 Å². The summed E-state index contributed by atoms with van der Waals surface area (Å²) >= 11 is 0. The Morgan fingerprint density at radius 2 is 2.15 bits per heavy atom. The number of hydrogen-bond acceptors (Lipinski definition) is 2. The summed E-state index contributed by atoms with van der Waals surface area (Å²) in [5, 5.41) is 17.6. The molecule has 0 saturated carbocycles. The minimum absolute atomic E-state index is 0.263. The minimum Gasteiger partial charge on any atom is -0.393 e. The molecule has 0 aromatic rings. The van der Waals surface area contributed by atoms with Crippen LogP contribution in [0.2, 0.25) is 0 Å². The van der Waals surface area contributed by atoms with Crippen LogP contribution in [0.1, 0.15) is 45.4 Å². The molecule has 0 spiro atoms. The van der Waals surface area contributed by atoms with Crippen LogP contribution in [0, 0.1) is 11.3 Å². The van der Waals surface area contributed by atoms with Gasteiger partial charge in [0, 0.05) is 6.08 Å². The highest BCUT2D eigenvalue weighted by atomic mass is 16.3. The summed E-state index contributed by atoms with van der Waals surface area (Å²) in [6.45, 7) is 2.17. The Balaban J connectivity index is 3.25. The number of aliphatic hydroxyl groups is 1. The molecule has 1 unspecified atom stereocenters. The molecule has 2 heteroatoms. The zero-order chi connectivity index (χ0) is 9.94. The van der Waals surface area contributed by atoms with Crippen LogP contribution < -0.4 is 0 Å². The van der Waals surface area contributed by atoms with Crippen molar-refractivity contribution in [1.29, 1.82) is 5.26 Å². The van der Waals surface area contributed by atoms with Crippen LogP contribution in [0.5, 0.6) is 0 Å². The molecule has 0 radical (unpaired) electrons. The lowest BCUT2D eigenvalue weighted by atomic mass is 10.1. The van der Waals surface area contributed by atoms with Gasteiger partial charge in [-0.05, 0) is 12.8 Å². The molecule has 0 heterocycles. The summed E-state index contributed by atoms with van der Waals surface area (Å²) in [5.41, 5.74) is 0. The topological polar surface area (TPSA) is 44.0 Å². The lowest BCUT2D eigenvalue weighted by Crippen LogP contribution is -2.04. The molecule has 0 aromatic carbocycles. The molecule has 0 saturated heterocycles. The number of rotatable bonds is 7. The van der Waals surface area contributed by atoms with E-state index < -0.39 is 0 Å². The average Bonchev–Trinajstić information content (AvgIpc) is 2.13. The molecule has 0 aliphatic heterocycles. The molecule has 0 amide bonds. The largest absolute Gasteiger partial charge is 0.393 e. The van der Waals surface area contributed by atoms with Crippen LogP contribution in [0.3, 0.4) is 0 Å². The van der Waals surface area contributed by atoms with E-state index in [9.17, 15) is 5.11 Å². The third-order valence-electron chi connectivity index (χ3n) is 1.99. The highest BCUT2D eigenvalue weighted by molar-refractivity contribution is 5.01. The van der Waals surface area contributed by atoms with Crippen LogP contribution in [-0.4, -0.2) is 11.2 Å². The molecule has 2 nitrogen and oxygen atoms in total. The maximum absolute atomic E-state index is 9.41. The van der Waals surface area contributed by atoms with Crippen LogP contribution in [-0.2, 0) is 0 Å². The number of hydrogen-bond donors (Lipinski definition) is 1. The molecule has 0 fully saturated rings. The number of allylic oxidation sites excluding steroid dienone is 1. The third kappa shape index (κ3) is 9.10. The van der Waals surface area contributed by atoms with E-state index in [-0.39, 0.29) is 6.10 Å². The Labute approximate surface area is 80.9 Å². The monoisotopic (exact) mass is 181 g/mol. The first-order chi connectivity index (χ1) is 6.31. The van der Waals surface area contributed by atoms with Gasteiger partial charge in [0.2, 0.25) is 0 Å². The molecular formula is C11H19NO. The van der Waals surface area contributed by atoms with Gasteiger partial charge in [0.25, 0.3) is 0 Å². The van der Waals surface area contributed by atoms with Gasteiger partial charge < -0.3 is 5.11 Å². The maximum atomic E-state index is 9.41. The highest BCUT2D eigenvalue weighted by Crippen LogP contribution is 2.07. The standard InChI is InChI=1S/C11H19NO/c1-2-3-4-5-8-11(13)9-6-7-10-12/h6-7,11,13H,2-5,8-9H2,1H3. The van der Waals surface area contributed by atoms with Crippen molar-refractivity contribution >= 4 is 0 Å². The first-order valence-corrected chi connectivity index (χ1v) is 5.04. The third-order valence-corrected chi connectivity index (χ3v) is 1.99. The summed E-state index contributed by atoms with van der Waals surface area (Å²) in [7, 11) is 0. The van der Waals surface area contributed by atoms with Crippen molar-refractivity contribution < 1.29 is 5.11 Å². The Hall–Kier alpha value is -0.810. The first-order valence-electron chi connectivity index (χ1n) is 5.04. The Morgan fingerprint density at radius 3 is 2.77 bits per heavy atom. The van der Waals surface area contributed by atoms with Gasteiger partial charge in [-0.1, -0.05) is 38.7 Å². The SMILES string of the molecule is CCCCCCC(O)CC=CC#N. The molecule has 74 valence electrons. The molecule has 0 aliphatic carbocycles. The summed E-state index contributed by atoms with van der Waals surface area (Å²) in [6.07, 6.45) is 9.13. The Morgan fingerprint density at radius 1 is 1.38 bits per heavy atom. The van der Waals surface area contributed by atoms with Crippen molar-refractivity contribution in [3.8, 4) is 6.07 Å². The van der Waals surface area contributed by atoms with Crippen molar-refractivity contribution in [3.05, 3.63) is 12.2 Å². The van der Waals surface area contributed by atoms with E-state index in [1.165, 1.54) is 25.3 Å². The molecule has 0 aromatic heterocycles. The normalized spacial score (nSPS) is 13.0. The predicted molar refractivity (Wildman–Crippen MR) is 54.1 cm³/mol. The van der Waals surface area contributed by atoms with Crippen LogP contribution in [0.15, 0.2) is 12.2 Å².